The van der Waals surface area contributed by atoms with Crippen LogP contribution in [0.5, 0.6) is 0 Å². The van der Waals surface area contributed by atoms with Gasteiger partial charge in [-0.05, 0) is 49.4 Å². The molecule has 0 saturated heterocycles. The van der Waals surface area contributed by atoms with Crippen LogP contribution in [-0.2, 0) is 26.0 Å². The molecule has 1 aliphatic rings. The lowest BCUT2D eigenvalue weighted by Gasteiger charge is -2.29. The number of nitrogens with zero attached hydrogens (tertiary/aromatic N) is 1. The van der Waals surface area contributed by atoms with Crippen LogP contribution in [0.3, 0.4) is 0 Å². The van der Waals surface area contributed by atoms with Crippen LogP contribution in [0.4, 0.5) is 5.69 Å². The molecule has 0 spiro atoms. The second kappa shape index (κ2) is 8.07. The van der Waals surface area contributed by atoms with Gasteiger partial charge in [-0.2, -0.15) is 0 Å². The van der Waals surface area contributed by atoms with Crippen LogP contribution in [0.2, 0.25) is 0 Å². The molecule has 2 rings (SSSR count). The van der Waals surface area contributed by atoms with E-state index >= 15 is 0 Å². The SMILES string of the molecule is CC(C)CNC(=O)[C@@H](C)OC(=O)c1ccc2c(c1)CCCN2S(C)(=O)=O. The lowest BCUT2D eigenvalue weighted by molar-refractivity contribution is -0.129. The van der Waals surface area contributed by atoms with Crippen molar-refractivity contribution in [2.75, 3.05) is 23.7 Å². The zero-order chi connectivity index (χ0) is 19.5. The molecule has 0 saturated carbocycles. The average molecular weight is 382 g/mol. The van der Waals surface area contributed by atoms with Gasteiger partial charge in [0.05, 0.1) is 17.5 Å². The first-order valence-corrected chi connectivity index (χ1v) is 10.5. The average Bonchev–Trinajstić information content (AvgIpc) is 2.57. The Hall–Kier alpha value is -2.09. The number of rotatable bonds is 6. The molecule has 144 valence electrons. The summed E-state index contributed by atoms with van der Waals surface area (Å²) in [5.74, 6) is -0.634. The van der Waals surface area contributed by atoms with Gasteiger partial charge in [0.15, 0.2) is 6.10 Å². The molecule has 0 unspecified atom stereocenters. The molecule has 8 heteroatoms. The molecule has 1 amide bonds. The van der Waals surface area contributed by atoms with Crippen LogP contribution in [0.25, 0.3) is 0 Å². The summed E-state index contributed by atoms with van der Waals surface area (Å²) >= 11 is 0. The number of sulfonamides is 1. The lowest BCUT2D eigenvalue weighted by Crippen LogP contribution is -2.37. The Bertz CT molecular complexity index is 789. The van der Waals surface area contributed by atoms with Crippen molar-refractivity contribution in [1.82, 2.24) is 5.32 Å². The molecule has 1 aliphatic heterocycles. The molecule has 1 N–H and O–H groups in total. The van der Waals surface area contributed by atoms with Crippen molar-refractivity contribution in [3.8, 4) is 0 Å². The molecule has 0 aliphatic carbocycles. The third-order valence-corrected chi connectivity index (χ3v) is 5.31. The Balaban J connectivity index is 2.10. The first-order chi connectivity index (χ1) is 12.1. The van der Waals surface area contributed by atoms with E-state index in [0.717, 1.165) is 5.56 Å². The molecule has 0 bridgehead atoms. The van der Waals surface area contributed by atoms with Crippen LogP contribution in [-0.4, -0.2) is 45.7 Å². The highest BCUT2D eigenvalue weighted by molar-refractivity contribution is 7.92. The number of carbonyl (C=O) groups excluding carboxylic acids is 2. The van der Waals surface area contributed by atoms with Gasteiger partial charge in [0, 0.05) is 13.1 Å². The Morgan fingerprint density at radius 2 is 1.96 bits per heavy atom. The monoisotopic (exact) mass is 382 g/mol. The van der Waals surface area contributed by atoms with Crippen LogP contribution >= 0.6 is 0 Å². The normalized spacial score (nSPS) is 15.3. The van der Waals surface area contributed by atoms with Gasteiger partial charge in [-0.3, -0.25) is 9.10 Å². The molecular formula is C18H26N2O5S. The highest BCUT2D eigenvalue weighted by Crippen LogP contribution is 2.30. The fourth-order valence-electron chi connectivity index (χ4n) is 2.76. The smallest absolute Gasteiger partial charge is 0.338 e. The molecule has 0 aromatic heterocycles. The highest BCUT2D eigenvalue weighted by atomic mass is 32.2. The van der Waals surface area contributed by atoms with Crippen molar-refractivity contribution in [2.24, 2.45) is 5.92 Å². The molecule has 0 radical (unpaired) electrons. The Kier molecular flexibility index (Phi) is 6.28. The van der Waals surface area contributed by atoms with E-state index in [1.807, 2.05) is 13.8 Å². The maximum absolute atomic E-state index is 12.3. The molecule has 1 heterocycles. The third-order valence-electron chi connectivity index (χ3n) is 4.13. The summed E-state index contributed by atoms with van der Waals surface area (Å²) in [5, 5.41) is 2.72. The first-order valence-electron chi connectivity index (χ1n) is 8.69. The molecule has 1 aromatic carbocycles. The summed E-state index contributed by atoms with van der Waals surface area (Å²) < 4.78 is 30.4. The number of hydrogen-bond acceptors (Lipinski definition) is 5. The zero-order valence-electron chi connectivity index (χ0n) is 15.6. The van der Waals surface area contributed by atoms with Gasteiger partial charge >= 0.3 is 5.97 Å². The van der Waals surface area contributed by atoms with Crippen molar-refractivity contribution in [1.29, 1.82) is 0 Å². The minimum absolute atomic E-state index is 0.306. The van der Waals surface area contributed by atoms with Gasteiger partial charge in [0.1, 0.15) is 0 Å². The zero-order valence-corrected chi connectivity index (χ0v) is 16.4. The molecule has 1 atom stereocenters. The summed E-state index contributed by atoms with van der Waals surface area (Å²) in [6, 6.07) is 4.80. The van der Waals surface area contributed by atoms with Gasteiger partial charge in [0.2, 0.25) is 10.0 Å². The van der Waals surface area contributed by atoms with E-state index < -0.39 is 22.1 Å². The second-order valence-corrected chi connectivity index (χ2v) is 8.88. The van der Waals surface area contributed by atoms with Gasteiger partial charge in [-0.1, -0.05) is 13.8 Å². The highest BCUT2D eigenvalue weighted by Gasteiger charge is 2.26. The van der Waals surface area contributed by atoms with Crippen molar-refractivity contribution in [2.45, 2.75) is 39.7 Å². The quantitative estimate of drug-likeness (QED) is 0.756. The Morgan fingerprint density at radius 3 is 2.58 bits per heavy atom. The van der Waals surface area contributed by atoms with Crippen molar-refractivity contribution < 1.29 is 22.7 Å². The van der Waals surface area contributed by atoms with E-state index in [4.69, 9.17) is 4.74 Å². The van der Waals surface area contributed by atoms with E-state index in [-0.39, 0.29) is 5.91 Å². The number of anilines is 1. The summed E-state index contributed by atoms with van der Waals surface area (Å²) in [5.41, 5.74) is 1.69. The molecular weight excluding hydrogens is 356 g/mol. The largest absolute Gasteiger partial charge is 0.449 e. The minimum Gasteiger partial charge on any atom is -0.449 e. The number of hydrogen-bond donors (Lipinski definition) is 1. The maximum atomic E-state index is 12.3. The first kappa shape index (κ1) is 20.2. The topological polar surface area (TPSA) is 92.8 Å². The van der Waals surface area contributed by atoms with E-state index in [9.17, 15) is 18.0 Å². The third kappa shape index (κ3) is 4.97. The summed E-state index contributed by atoms with van der Waals surface area (Å²) in [4.78, 5) is 24.3. The molecule has 0 fully saturated rings. The summed E-state index contributed by atoms with van der Waals surface area (Å²) in [7, 11) is -3.35. The van der Waals surface area contributed by atoms with Crippen LogP contribution < -0.4 is 9.62 Å². The van der Waals surface area contributed by atoms with Gasteiger partial charge in [0.25, 0.3) is 5.91 Å². The number of esters is 1. The molecule has 7 nitrogen and oxygen atoms in total. The van der Waals surface area contributed by atoms with Crippen molar-refractivity contribution >= 4 is 27.6 Å². The van der Waals surface area contributed by atoms with Crippen LogP contribution in [0.15, 0.2) is 18.2 Å². The van der Waals surface area contributed by atoms with Crippen molar-refractivity contribution in [3.05, 3.63) is 29.3 Å². The molecule has 26 heavy (non-hydrogen) atoms. The number of benzene rings is 1. The standard InChI is InChI=1S/C18H26N2O5S/c1-12(2)11-19-17(21)13(3)25-18(22)15-7-8-16-14(10-15)6-5-9-20(16)26(4,23)24/h7-8,10,12-13H,5-6,9,11H2,1-4H3,(H,19,21)/t13-/m1/s1. The second-order valence-electron chi connectivity index (χ2n) is 6.97. The van der Waals surface area contributed by atoms with E-state index in [2.05, 4.69) is 5.32 Å². The number of amides is 1. The fourth-order valence-corrected chi connectivity index (χ4v) is 3.76. The van der Waals surface area contributed by atoms with E-state index in [1.54, 1.807) is 12.1 Å². The van der Waals surface area contributed by atoms with E-state index in [1.165, 1.54) is 23.6 Å². The lowest BCUT2D eigenvalue weighted by atomic mass is 10.0. The van der Waals surface area contributed by atoms with E-state index in [0.29, 0.717) is 43.1 Å². The van der Waals surface area contributed by atoms with Gasteiger partial charge in [-0.25, -0.2) is 13.2 Å². The van der Waals surface area contributed by atoms with Gasteiger partial charge in [-0.15, -0.1) is 0 Å². The van der Waals surface area contributed by atoms with Crippen LogP contribution in [0, 0.1) is 5.92 Å². The minimum atomic E-state index is -3.35. The predicted molar refractivity (Wildman–Crippen MR) is 99.7 cm³/mol. The Morgan fingerprint density at radius 1 is 1.27 bits per heavy atom. The summed E-state index contributed by atoms with van der Waals surface area (Å²) in [6.45, 7) is 6.43. The number of ether oxygens (including phenoxy) is 1. The Labute approximate surface area is 154 Å². The van der Waals surface area contributed by atoms with Crippen LogP contribution in [0.1, 0.15) is 43.1 Å². The number of fused-ring (bicyclic) bond motifs is 1. The fraction of sp³-hybridized carbons (Fsp3) is 0.556. The predicted octanol–water partition coefficient (Wildman–Crippen LogP) is 1.72. The number of carbonyl (C=O) groups is 2. The number of aryl methyl sites for hydroxylation is 1. The van der Waals surface area contributed by atoms with Gasteiger partial charge < -0.3 is 10.1 Å². The summed E-state index contributed by atoms with van der Waals surface area (Å²) in [6.07, 6.45) is 1.64. The maximum Gasteiger partial charge on any atom is 0.338 e. The van der Waals surface area contributed by atoms with Crippen molar-refractivity contribution in [3.63, 3.8) is 0 Å². The number of nitrogens with one attached hydrogen (secondary N) is 1. The molecule has 1 aromatic rings.